The molecule has 3 rings (SSSR count). The van der Waals surface area contributed by atoms with Crippen LogP contribution in [-0.2, 0) is 0 Å². The molecule has 0 fully saturated rings. The molecule has 0 saturated carbocycles. The molecule has 3 N–H and O–H groups in total. The van der Waals surface area contributed by atoms with Crippen molar-refractivity contribution in [3.8, 4) is 0 Å². The number of aryl methyl sites for hydroxylation is 1. The molecule has 0 aliphatic carbocycles. The number of hydrogen-bond donors (Lipinski definition) is 3. The van der Waals surface area contributed by atoms with Crippen LogP contribution in [0.2, 0.25) is 5.02 Å². The van der Waals surface area contributed by atoms with Gasteiger partial charge in [0, 0.05) is 10.7 Å². The van der Waals surface area contributed by atoms with E-state index in [0.717, 1.165) is 11.3 Å². The number of hydrogen-bond acceptors (Lipinski definition) is 7. The number of halogens is 1. The van der Waals surface area contributed by atoms with E-state index in [0.29, 0.717) is 10.7 Å². The second-order valence-electron chi connectivity index (χ2n) is 5.38. The summed E-state index contributed by atoms with van der Waals surface area (Å²) in [6.07, 6.45) is 1.24. The highest BCUT2D eigenvalue weighted by atomic mass is 35.5. The van der Waals surface area contributed by atoms with Crippen molar-refractivity contribution >= 4 is 40.3 Å². The SMILES string of the molecule is Cc1ccc(Nc2ncnc(NNc3ccccc3)c2[N+](=O)[O-])cc1Cl. The van der Waals surface area contributed by atoms with Crippen molar-refractivity contribution < 1.29 is 4.92 Å². The predicted molar refractivity (Wildman–Crippen MR) is 102 cm³/mol. The molecule has 9 heteroatoms. The standard InChI is InChI=1S/C17H15ClN6O2/c1-11-7-8-13(9-14(11)18)21-16-15(24(25)26)17(20-10-19-16)23-22-12-5-3-2-4-6-12/h2-10,22H,1H3,(H2,19,20,21,23). The monoisotopic (exact) mass is 370 g/mol. The molecular weight excluding hydrogens is 356 g/mol. The first-order valence-electron chi connectivity index (χ1n) is 7.64. The van der Waals surface area contributed by atoms with E-state index < -0.39 is 4.92 Å². The lowest BCUT2D eigenvalue weighted by Gasteiger charge is -2.12. The summed E-state index contributed by atoms with van der Waals surface area (Å²) >= 11 is 6.10. The summed E-state index contributed by atoms with van der Waals surface area (Å²) in [5, 5.41) is 15.0. The first-order chi connectivity index (χ1) is 12.5. The maximum Gasteiger partial charge on any atom is 0.355 e. The third-order valence-corrected chi connectivity index (χ3v) is 3.95. The van der Waals surface area contributed by atoms with E-state index in [1.165, 1.54) is 6.33 Å². The zero-order valence-electron chi connectivity index (χ0n) is 13.7. The molecule has 0 aliphatic rings. The van der Waals surface area contributed by atoms with Crippen molar-refractivity contribution in [2.75, 3.05) is 16.2 Å². The maximum atomic E-state index is 11.6. The summed E-state index contributed by atoms with van der Waals surface area (Å²) in [5.74, 6) is 0.0943. The molecular formula is C17H15ClN6O2. The van der Waals surface area contributed by atoms with E-state index >= 15 is 0 Å². The van der Waals surface area contributed by atoms with Crippen LogP contribution >= 0.6 is 11.6 Å². The van der Waals surface area contributed by atoms with Crippen LogP contribution in [0.4, 0.5) is 28.7 Å². The van der Waals surface area contributed by atoms with E-state index in [9.17, 15) is 10.1 Å². The molecule has 0 bridgehead atoms. The largest absolute Gasteiger partial charge is 0.355 e. The van der Waals surface area contributed by atoms with E-state index in [1.54, 1.807) is 12.1 Å². The van der Waals surface area contributed by atoms with Gasteiger partial charge in [-0.3, -0.25) is 21.0 Å². The van der Waals surface area contributed by atoms with Gasteiger partial charge in [-0.25, -0.2) is 9.97 Å². The molecule has 1 aromatic heterocycles. The summed E-state index contributed by atoms with van der Waals surface area (Å²) in [5.41, 5.74) is 7.56. The Morgan fingerprint density at radius 1 is 1.00 bits per heavy atom. The Morgan fingerprint density at radius 2 is 1.73 bits per heavy atom. The van der Waals surface area contributed by atoms with Gasteiger partial charge in [0.05, 0.1) is 10.6 Å². The van der Waals surface area contributed by atoms with Crippen LogP contribution in [0.15, 0.2) is 54.9 Å². The fraction of sp³-hybridized carbons (Fsp3) is 0.0588. The molecule has 0 amide bonds. The van der Waals surface area contributed by atoms with Gasteiger partial charge in [0.2, 0.25) is 11.6 Å². The van der Waals surface area contributed by atoms with Crippen molar-refractivity contribution in [3.05, 3.63) is 75.6 Å². The molecule has 0 spiro atoms. The molecule has 3 aromatic rings. The molecule has 26 heavy (non-hydrogen) atoms. The summed E-state index contributed by atoms with van der Waals surface area (Å²) in [4.78, 5) is 19.0. The highest BCUT2D eigenvalue weighted by Gasteiger charge is 2.23. The van der Waals surface area contributed by atoms with Gasteiger partial charge < -0.3 is 5.32 Å². The molecule has 0 radical (unpaired) electrons. The van der Waals surface area contributed by atoms with Crippen LogP contribution in [0.1, 0.15) is 5.56 Å². The lowest BCUT2D eigenvalue weighted by Crippen LogP contribution is -2.13. The van der Waals surface area contributed by atoms with Crippen molar-refractivity contribution in [2.24, 2.45) is 0 Å². The molecule has 0 atom stereocenters. The number of nitro groups is 1. The van der Waals surface area contributed by atoms with Gasteiger partial charge in [-0.2, -0.15) is 0 Å². The molecule has 0 unspecified atom stereocenters. The number of hydrazine groups is 1. The second kappa shape index (κ2) is 7.66. The first kappa shape index (κ1) is 17.4. The van der Waals surface area contributed by atoms with Crippen LogP contribution < -0.4 is 16.2 Å². The Balaban J connectivity index is 1.88. The van der Waals surface area contributed by atoms with E-state index in [1.807, 2.05) is 43.3 Å². The third-order valence-electron chi connectivity index (χ3n) is 3.54. The number of para-hydroxylation sites is 1. The van der Waals surface area contributed by atoms with Gasteiger partial charge in [-0.05, 0) is 36.8 Å². The van der Waals surface area contributed by atoms with Crippen LogP contribution in [0, 0.1) is 17.0 Å². The van der Waals surface area contributed by atoms with Gasteiger partial charge in [0.1, 0.15) is 6.33 Å². The Kier molecular flexibility index (Phi) is 5.14. The van der Waals surface area contributed by atoms with E-state index in [2.05, 4.69) is 26.1 Å². The molecule has 2 aromatic carbocycles. The van der Waals surface area contributed by atoms with Crippen molar-refractivity contribution in [2.45, 2.75) is 6.92 Å². The summed E-state index contributed by atoms with van der Waals surface area (Å²) in [6.45, 7) is 1.87. The summed E-state index contributed by atoms with van der Waals surface area (Å²) < 4.78 is 0. The normalized spacial score (nSPS) is 10.2. The Morgan fingerprint density at radius 3 is 2.42 bits per heavy atom. The number of nitrogens with zero attached hydrogens (tertiary/aromatic N) is 3. The molecule has 132 valence electrons. The van der Waals surface area contributed by atoms with Gasteiger partial charge >= 0.3 is 5.69 Å². The quantitative estimate of drug-likeness (QED) is 0.432. The minimum atomic E-state index is -0.548. The Bertz CT molecular complexity index is 936. The number of benzene rings is 2. The summed E-state index contributed by atoms with van der Waals surface area (Å²) in [6, 6.07) is 14.4. The molecule has 0 aliphatic heterocycles. The van der Waals surface area contributed by atoms with Gasteiger partial charge in [0.25, 0.3) is 0 Å². The minimum absolute atomic E-state index is 0.0366. The fourth-order valence-corrected chi connectivity index (χ4v) is 2.38. The third kappa shape index (κ3) is 3.98. The van der Waals surface area contributed by atoms with Gasteiger partial charge in [-0.15, -0.1) is 0 Å². The lowest BCUT2D eigenvalue weighted by atomic mass is 10.2. The average Bonchev–Trinajstić information content (AvgIpc) is 2.64. The van der Waals surface area contributed by atoms with Crippen LogP contribution in [-0.4, -0.2) is 14.9 Å². The molecule has 0 saturated heterocycles. The highest BCUT2D eigenvalue weighted by molar-refractivity contribution is 6.31. The maximum absolute atomic E-state index is 11.6. The van der Waals surface area contributed by atoms with Crippen molar-refractivity contribution in [3.63, 3.8) is 0 Å². The average molecular weight is 371 g/mol. The van der Waals surface area contributed by atoms with Crippen molar-refractivity contribution in [1.82, 2.24) is 9.97 Å². The van der Waals surface area contributed by atoms with Crippen LogP contribution in [0.25, 0.3) is 0 Å². The zero-order chi connectivity index (χ0) is 18.5. The zero-order valence-corrected chi connectivity index (χ0v) is 14.5. The van der Waals surface area contributed by atoms with Crippen LogP contribution in [0.3, 0.4) is 0 Å². The van der Waals surface area contributed by atoms with Gasteiger partial charge in [-0.1, -0.05) is 35.9 Å². The Hall–Kier alpha value is -3.39. The minimum Gasteiger partial charge on any atom is -0.334 e. The smallest absolute Gasteiger partial charge is 0.334 e. The number of rotatable bonds is 6. The number of aromatic nitrogens is 2. The fourth-order valence-electron chi connectivity index (χ4n) is 2.19. The number of anilines is 4. The highest BCUT2D eigenvalue weighted by Crippen LogP contribution is 2.32. The second-order valence-corrected chi connectivity index (χ2v) is 5.79. The topological polar surface area (TPSA) is 105 Å². The molecule has 1 heterocycles. The predicted octanol–water partition coefficient (Wildman–Crippen LogP) is 4.53. The van der Waals surface area contributed by atoms with E-state index in [4.69, 9.17) is 11.6 Å². The van der Waals surface area contributed by atoms with Crippen molar-refractivity contribution in [1.29, 1.82) is 0 Å². The lowest BCUT2D eigenvalue weighted by molar-refractivity contribution is -0.383. The number of nitrogens with one attached hydrogen (secondary N) is 3. The Labute approximate surface area is 154 Å². The summed E-state index contributed by atoms with van der Waals surface area (Å²) in [7, 11) is 0. The van der Waals surface area contributed by atoms with E-state index in [-0.39, 0.29) is 17.3 Å². The van der Waals surface area contributed by atoms with Gasteiger partial charge in [0.15, 0.2) is 0 Å². The van der Waals surface area contributed by atoms with Crippen LogP contribution in [0.5, 0.6) is 0 Å². The molecule has 8 nitrogen and oxygen atoms in total. The first-order valence-corrected chi connectivity index (χ1v) is 8.02.